The smallest absolute Gasteiger partial charge is 0.463 e. The molecule has 1 fully saturated rings. The number of phosphoric ester groups is 1. The van der Waals surface area contributed by atoms with Gasteiger partial charge in [0.2, 0.25) is 6.29 Å². The molecule has 1 aliphatic rings. The maximum atomic E-state index is 14.1. The van der Waals surface area contributed by atoms with Crippen molar-refractivity contribution in [3.8, 4) is 11.5 Å². The van der Waals surface area contributed by atoms with Gasteiger partial charge < -0.3 is 32.7 Å². The predicted molar refractivity (Wildman–Crippen MR) is 135 cm³/mol. The Kier molecular flexibility index (Phi) is 10.7. The van der Waals surface area contributed by atoms with Gasteiger partial charge in [-0.15, -0.1) is 0 Å². The second-order valence-corrected chi connectivity index (χ2v) is 9.90. The van der Waals surface area contributed by atoms with Crippen LogP contribution in [0.4, 0.5) is 0 Å². The number of hydrogen-bond donors (Lipinski definition) is 0. The van der Waals surface area contributed by atoms with E-state index in [1.807, 2.05) is 0 Å². The highest BCUT2D eigenvalue weighted by atomic mass is 31.2. The number of benzene rings is 2. The Morgan fingerprint density at radius 3 is 1.60 bits per heavy atom. The van der Waals surface area contributed by atoms with E-state index in [0.717, 1.165) is 27.7 Å². The molecule has 0 radical (unpaired) electrons. The summed E-state index contributed by atoms with van der Waals surface area (Å²) in [5.41, 5.74) is 0. The van der Waals surface area contributed by atoms with Gasteiger partial charge in [0.15, 0.2) is 18.3 Å². The first-order valence-electron chi connectivity index (χ1n) is 12.0. The average Bonchev–Trinajstić information content (AvgIpc) is 2.86. The molecule has 0 spiro atoms. The molecule has 13 nitrogen and oxygen atoms in total. The van der Waals surface area contributed by atoms with Crippen molar-refractivity contribution >= 4 is 31.7 Å². The maximum absolute atomic E-state index is 14.1. The number of phosphoric acid groups is 1. The number of carbonyl (C=O) groups excluding carboxylic acids is 4. The molecule has 0 amide bonds. The van der Waals surface area contributed by atoms with Gasteiger partial charge in [0.25, 0.3) is 0 Å². The summed E-state index contributed by atoms with van der Waals surface area (Å²) in [6.45, 7) is 3.89. The van der Waals surface area contributed by atoms with E-state index in [0.29, 0.717) is 0 Å². The van der Waals surface area contributed by atoms with Crippen molar-refractivity contribution in [1.82, 2.24) is 0 Å². The molecule has 0 unspecified atom stereocenters. The third-order valence-corrected chi connectivity index (χ3v) is 6.47. The SMILES string of the molecule is CC(=O)OC[C@H]1O[C@H](OC(C)=O)[C@H](OP(=O)(Oc2ccccc2)Oc2ccccc2)[C@@H](OC(C)=O)[C@H]1OC(C)=O. The topological polar surface area (TPSA) is 159 Å². The van der Waals surface area contributed by atoms with Crippen molar-refractivity contribution in [2.24, 2.45) is 0 Å². The Morgan fingerprint density at radius 2 is 1.15 bits per heavy atom. The van der Waals surface area contributed by atoms with Gasteiger partial charge in [-0.05, 0) is 24.3 Å². The van der Waals surface area contributed by atoms with Crippen LogP contribution < -0.4 is 9.05 Å². The van der Waals surface area contributed by atoms with Gasteiger partial charge in [-0.25, -0.2) is 4.57 Å². The number of rotatable bonds is 11. The Bertz CT molecular complexity index is 1170. The van der Waals surface area contributed by atoms with Gasteiger partial charge in [-0.3, -0.25) is 23.7 Å². The third-order valence-electron chi connectivity index (χ3n) is 5.10. The Hall–Kier alpha value is -3.93. The van der Waals surface area contributed by atoms with Gasteiger partial charge in [-0.2, -0.15) is 0 Å². The highest BCUT2D eigenvalue weighted by molar-refractivity contribution is 7.49. The van der Waals surface area contributed by atoms with Crippen LogP contribution in [-0.2, 0) is 52.0 Å². The van der Waals surface area contributed by atoms with Crippen molar-refractivity contribution in [2.45, 2.75) is 58.4 Å². The zero-order valence-corrected chi connectivity index (χ0v) is 23.0. The third kappa shape index (κ3) is 9.08. The minimum absolute atomic E-state index is 0.0934. The molecule has 1 heterocycles. The van der Waals surface area contributed by atoms with Crippen LogP contribution in [0.15, 0.2) is 60.7 Å². The largest absolute Gasteiger partial charge is 0.588 e. The fraction of sp³-hybridized carbons (Fsp3) is 0.385. The van der Waals surface area contributed by atoms with Gasteiger partial charge in [0.05, 0.1) is 0 Å². The molecule has 1 aliphatic heterocycles. The van der Waals surface area contributed by atoms with E-state index in [1.165, 1.54) is 24.3 Å². The standard InChI is InChI=1S/C26H29O13P/c1-16(27)32-15-22-23(33-17(2)28)24(34-18(3)29)25(26(36-22)35-19(4)30)39-40(31,37-20-11-7-5-8-12-20)38-21-13-9-6-10-14-21/h5-14,22-26H,15H2,1-4H3/t22-,23+,24+,25-,26+/m1/s1. The minimum Gasteiger partial charge on any atom is -0.463 e. The molecule has 0 saturated carbocycles. The molecule has 5 atom stereocenters. The number of esters is 4. The van der Waals surface area contributed by atoms with Crippen LogP contribution in [0, 0.1) is 0 Å². The molecule has 14 heteroatoms. The first-order chi connectivity index (χ1) is 19.0. The van der Waals surface area contributed by atoms with Crippen LogP contribution in [0.5, 0.6) is 11.5 Å². The first-order valence-corrected chi connectivity index (χ1v) is 13.5. The number of para-hydroxylation sites is 2. The predicted octanol–water partition coefficient (Wildman–Crippen LogP) is 3.35. The Balaban J connectivity index is 2.07. The van der Waals surface area contributed by atoms with Crippen molar-refractivity contribution in [3.05, 3.63) is 60.7 Å². The van der Waals surface area contributed by atoms with Crippen LogP contribution in [-0.4, -0.2) is 61.2 Å². The summed E-state index contributed by atoms with van der Waals surface area (Å²) in [5.74, 6) is -3.01. The van der Waals surface area contributed by atoms with Gasteiger partial charge in [0.1, 0.15) is 24.2 Å². The molecule has 1 saturated heterocycles. The van der Waals surface area contributed by atoms with Crippen LogP contribution in [0.2, 0.25) is 0 Å². The summed E-state index contributed by atoms with van der Waals surface area (Å²) < 4.78 is 58.1. The molecule has 40 heavy (non-hydrogen) atoms. The second kappa shape index (κ2) is 13.9. The van der Waals surface area contributed by atoms with Crippen LogP contribution in [0.3, 0.4) is 0 Å². The summed E-state index contributed by atoms with van der Waals surface area (Å²) in [6, 6.07) is 15.8. The zero-order chi connectivity index (χ0) is 29.3. The lowest BCUT2D eigenvalue weighted by atomic mass is 9.98. The van der Waals surface area contributed by atoms with Crippen molar-refractivity contribution < 1.29 is 61.0 Å². The van der Waals surface area contributed by atoms with E-state index in [9.17, 15) is 23.7 Å². The number of hydrogen-bond acceptors (Lipinski definition) is 13. The van der Waals surface area contributed by atoms with E-state index in [2.05, 4.69) is 0 Å². The van der Waals surface area contributed by atoms with Gasteiger partial charge >= 0.3 is 31.7 Å². The lowest BCUT2D eigenvalue weighted by Gasteiger charge is -2.44. The maximum Gasteiger partial charge on any atom is 0.588 e. The molecule has 0 bridgehead atoms. The highest BCUT2D eigenvalue weighted by Gasteiger charge is 2.56. The molecular weight excluding hydrogens is 551 g/mol. The summed E-state index contributed by atoms with van der Waals surface area (Å²) in [4.78, 5) is 47.6. The second-order valence-electron chi connectivity index (χ2n) is 8.43. The number of ether oxygens (including phenoxy) is 5. The highest BCUT2D eigenvalue weighted by Crippen LogP contribution is 2.52. The van der Waals surface area contributed by atoms with Crippen LogP contribution in [0.1, 0.15) is 27.7 Å². The molecule has 2 aromatic rings. The van der Waals surface area contributed by atoms with Gasteiger partial charge in [0, 0.05) is 27.7 Å². The van der Waals surface area contributed by atoms with Crippen molar-refractivity contribution in [2.75, 3.05) is 6.61 Å². The molecule has 216 valence electrons. The van der Waals surface area contributed by atoms with E-state index in [4.69, 9.17) is 37.3 Å². The Labute approximate surface area is 230 Å². The van der Waals surface area contributed by atoms with Crippen LogP contribution in [0.25, 0.3) is 0 Å². The van der Waals surface area contributed by atoms with Gasteiger partial charge in [-0.1, -0.05) is 36.4 Å². The summed E-state index contributed by atoms with van der Waals surface area (Å²) in [6.07, 6.45) is -7.76. The monoisotopic (exact) mass is 580 g/mol. The quantitative estimate of drug-likeness (QED) is 0.217. The van der Waals surface area contributed by atoms with Crippen LogP contribution >= 0.6 is 7.82 Å². The molecule has 2 aromatic carbocycles. The Morgan fingerprint density at radius 1 is 0.675 bits per heavy atom. The number of carbonyl (C=O) groups is 4. The van der Waals surface area contributed by atoms with Crippen molar-refractivity contribution in [3.63, 3.8) is 0 Å². The molecule has 3 rings (SSSR count). The minimum atomic E-state index is -4.69. The fourth-order valence-corrected chi connectivity index (χ4v) is 5.07. The lowest BCUT2D eigenvalue weighted by Crippen LogP contribution is -2.62. The average molecular weight is 580 g/mol. The van der Waals surface area contributed by atoms with E-state index in [-0.39, 0.29) is 11.5 Å². The van der Waals surface area contributed by atoms with E-state index < -0.39 is 69.0 Å². The lowest BCUT2D eigenvalue weighted by molar-refractivity contribution is -0.293. The van der Waals surface area contributed by atoms with E-state index in [1.54, 1.807) is 36.4 Å². The summed E-state index contributed by atoms with van der Waals surface area (Å²) >= 11 is 0. The summed E-state index contributed by atoms with van der Waals surface area (Å²) in [5, 5.41) is 0. The first kappa shape index (κ1) is 30.6. The summed E-state index contributed by atoms with van der Waals surface area (Å²) in [7, 11) is -4.69. The zero-order valence-electron chi connectivity index (χ0n) is 22.1. The molecule has 0 aromatic heterocycles. The molecular formula is C26H29O13P. The van der Waals surface area contributed by atoms with Crippen molar-refractivity contribution in [1.29, 1.82) is 0 Å². The molecule has 0 aliphatic carbocycles. The normalized spacial score (nSPS) is 22.4. The fourth-order valence-electron chi connectivity index (χ4n) is 3.67. The molecule has 0 N–H and O–H groups in total. The van der Waals surface area contributed by atoms with E-state index >= 15 is 0 Å².